The highest BCUT2D eigenvalue weighted by molar-refractivity contribution is 14.1. The first-order valence-electron chi connectivity index (χ1n) is 5.81. The van der Waals surface area contributed by atoms with Crippen molar-refractivity contribution in [2.45, 2.75) is 0 Å². The van der Waals surface area contributed by atoms with E-state index in [9.17, 15) is 5.11 Å². The minimum Gasteiger partial charge on any atom is -0.494 e. The van der Waals surface area contributed by atoms with E-state index in [0.717, 1.165) is 20.0 Å². The van der Waals surface area contributed by atoms with Crippen LogP contribution < -0.4 is 0 Å². The lowest BCUT2D eigenvalue weighted by Crippen LogP contribution is -2.00. The van der Waals surface area contributed by atoms with Crippen molar-refractivity contribution in [3.63, 3.8) is 0 Å². The molecule has 3 aromatic rings. The number of hydrogen-bond donors (Lipinski definition) is 3. The standard InChI is InChI=1S/C15H11IN2O/c16-10-7-5-9(6-8-10)14(17)13-11-3-1-2-4-12(11)18-15(13)19/h1-8,17-19H. The fourth-order valence-electron chi connectivity index (χ4n) is 2.14. The van der Waals surface area contributed by atoms with E-state index in [1.807, 2.05) is 48.5 Å². The van der Waals surface area contributed by atoms with Gasteiger partial charge in [0.1, 0.15) is 0 Å². The molecule has 3 rings (SSSR count). The molecule has 94 valence electrons. The Balaban J connectivity index is 2.16. The fraction of sp³-hybridized carbons (Fsp3) is 0. The van der Waals surface area contributed by atoms with Crippen molar-refractivity contribution in [2.75, 3.05) is 0 Å². The Hall–Kier alpha value is -1.82. The van der Waals surface area contributed by atoms with Crippen LogP contribution in [0.4, 0.5) is 0 Å². The summed E-state index contributed by atoms with van der Waals surface area (Å²) in [5, 5.41) is 19.2. The smallest absolute Gasteiger partial charge is 0.199 e. The van der Waals surface area contributed by atoms with Gasteiger partial charge in [-0.1, -0.05) is 30.3 Å². The van der Waals surface area contributed by atoms with Crippen molar-refractivity contribution in [2.24, 2.45) is 0 Å². The summed E-state index contributed by atoms with van der Waals surface area (Å²) in [4.78, 5) is 2.90. The highest BCUT2D eigenvalue weighted by Crippen LogP contribution is 2.29. The molecule has 0 atom stereocenters. The Labute approximate surface area is 123 Å². The van der Waals surface area contributed by atoms with Crippen molar-refractivity contribution in [3.05, 3.63) is 63.2 Å². The Bertz CT molecular complexity index is 759. The second-order valence-electron chi connectivity index (χ2n) is 4.28. The molecule has 2 aromatic carbocycles. The molecule has 0 saturated carbocycles. The SMILES string of the molecule is N=C(c1ccc(I)cc1)c1c(O)[nH]c2ccccc12. The van der Waals surface area contributed by atoms with Crippen molar-refractivity contribution in [1.82, 2.24) is 4.98 Å². The lowest BCUT2D eigenvalue weighted by Gasteiger charge is -2.04. The van der Waals surface area contributed by atoms with E-state index >= 15 is 0 Å². The molecule has 0 radical (unpaired) electrons. The molecule has 1 aromatic heterocycles. The maximum Gasteiger partial charge on any atom is 0.199 e. The molecular weight excluding hydrogens is 351 g/mol. The van der Waals surface area contributed by atoms with Crippen LogP contribution in [-0.4, -0.2) is 15.8 Å². The largest absolute Gasteiger partial charge is 0.494 e. The molecule has 3 N–H and O–H groups in total. The molecule has 0 aliphatic rings. The maximum absolute atomic E-state index is 10.0. The third kappa shape index (κ3) is 2.12. The molecule has 4 heteroatoms. The Kier molecular flexibility index (Phi) is 3.02. The van der Waals surface area contributed by atoms with Crippen LogP contribution in [-0.2, 0) is 0 Å². The highest BCUT2D eigenvalue weighted by Gasteiger charge is 2.16. The predicted molar refractivity (Wildman–Crippen MR) is 85.1 cm³/mol. The number of aromatic hydroxyl groups is 1. The third-order valence-electron chi connectivity index (χ3n) is 3.07. The van der Waals surface area contributed by atoms with Crippen LogP contribution >= 0.6 is 22.6 Å². The van der Waals surface area contributed by atoms with Gasteiger partial charge in [-0.25, -0.2) is 0 Å². The normalized spacial score (nSPS) is 10.8. The number of aromatic nitrogens is 1. The van der Waals surface area contributed by atoms with Gasteiger partial charge in [-0.3, -0.25) is 5.41 Å². The van der Waals surface area contributed by atoms with E-state index in [-0.39, 0.29) is 5.88 Å². The lowest BCUT2D eigenvalue weighted by molar-refractivity contribution is 0.457. The monoisotopic (exact) mass is 362 g/mol. The van der Waals surface area contributed by atoms with Gasteiger partial charge < -0.3 is 10.1 Å². The zero-order valence-electron chi connectivity index (χ0n) is 9.94. The van der Waals surface area contributed by atoms with Gasteiger partial charge in [0.05, 0.1) is 11.3 Å². The Morgan fingerprint density at radius 2 is 1.74 bits per heavy atom. The zero-order valence-corrected chi connectivity index (χ0v) is 12.1. The average Bonchev–Trinajstić information content (AvgIpc) is 2.74. The first kappa shape index (κ1) is 12.2. The molecule has 19 heavy (non-hydrogen) atoms. The second kappa shape index (κ2) is 4.70. The first-order valence-corrected chi connectivity index (χ1v) is 6.89. The molecule has 0 bridgehead atoms. The minimum absolute atomic E-state index is 0.0461. The lowest BCUT2D eigenvalue weighted by atomic mass is 10.0. The number of aromatic amines is 1. The number of H-pyrrole nitrogens is 1. The van der Waals surface area contributed by atoms with Crippen LogP contribution in [0.3, 0.4) is 0 Å². The van der Waals surface area contributed by atoms with Crippen LogP contribution in [0.25, 0.3) is 10.9 Å². The summed E-state index contributed by atoms with van der Waals surface area (Å²) in [6, 6.07) is 15.3. The molecule has 0 saturated heterocycles. The first-order chi connectivity index (χ1) is 9.16. The van der Waals surface area contributed by atoms with Crippen LogP contribution in [0, 0.1) is 8.98 Å². The van der Waals surface area contributed by atoms with Gasteiger partial charge in [0.2, 0.25) is 0 Å². The van der Waals surface area contributed by atoms with Gasteiger partial charge in [0.15, 0.2) is 5.88 Å². The topological polar surface area (TPSA) is 59.9 Å². The van der Waals surface area contributed by atoms with Gasteiger partial charge in [0, 0.05) is 20.0 Å². The quantitative estimate of drug-likeness (QED) is 0.470. The van der Waals surface area contributed by atoms with E-state index in [0.29, 0.717) is 11.3 Å². The van der Waals surface area contributed by atoms with Crippen LogP contribution in [0.5, 0.6) is 5.88 Å². The summed E-state index contributed by atoms with van der Waals surface area (Å²) in [7, 11) is 0. The molecule has 0 spiro atoms. The van der Waals surface area contributed by atoms with Crippen molar-refractivity contribution >= 4 is 39.2 Å². The minimum atomic E-state index is 0.0461. The Morgan fingerprint density at radius 1 is 1.05 bits per heavy atom. The number of hydrogen-bond acceptors (Lipinski definition) is 2. The van der Waals surface area contributed by atoms with E-state index in [1.165, 1.54) is 0 Å². The number of para-hydroxylation sites is 1. The van der Waals surface area contributed by atoms with Crippen molar-refractivity contribution in [1.29, 1.82) is 5.41 Å². The van der Waals surface area contributed by atoms with E-state index in [4.69, 9.17) is 5.41 Å². The summed E-state index contributed by atoms with van der Waals surface area (Å²) < 4.78 is 1.12. The fourth-order valence-corrected chi connectivity index (χ4v) is 2.50. The number of benzene rings is 2. The van der Waals surface area contributed by atoms with E-state index in [2.05, 4.69) is 27.6 Å². The van der Waals surface area contributed by atoms with Gasteiger partial charge in [-0.2, -0.15) is 0 Å². The van der Waals surface area contributed by atoms with Gasteiger partial charge >= 0.3 is 0 Å². The highest BCUT2D eigenvalue weighted by atomic mass is 127. The van der Waals surface area contributed by atoms with Crippen molar-refractivity contribution < 1.29 is 5.11 Å². The predicted octanol–water partition coefficient (Wildman–Crippen LogP) is 3.89. The summed E-state index contributed by atoms with van der Waals surface area (Å²) in [5.41, 5.74) is 2.51. The summed E-state index contributed by atoms with van der Waals surface area (Å²) in [6.07, 6.45) is 0. The second-order valence-corrected chi connectivity index (χ2v) is 5.52. The molecule has 0 aliphatic heterocycles. The molecular formula is C15H11IN2O. The molecule has 0 fully saturated rings. The zero-order chi connectivity index (χ0) is 13.4. The average molecular weight is 362 g/mol. The number of halogens is 1. The van der Waals surface area contributed by atoms with Crippen LogP contribution in [0.1, 0.15) is 11.1 Å². The maximum atomic E-state index is 10.0. The molecule has 0 aliphatic carbocycles. The van der Waals surface area contributed by atoms with Gasteiger partial charge in [0.25, 0.3) is 0 Å². The number of nitrogens with one attached hydrogen (secondary N) is 2. The summed E-state index contributed by atoms with van der Waals surface area (Å²) in [5.74, 6) is 0.0461. The van der Waals surface area contributed by atoms with Crippen LogP contribution in [0.2, 0.25) is 0 Å². The van der Waals surface area contributed by atoms with Crippen LogP contribution in [0.15, 0.2) is 48.5 Å². The molecule has 0 amide bonds. The molecule has 3 nitrogen and oxygen atoms in total. The van der Waals surface area contributed by atoms with Crippen molar-refractivity contribution in [3.8, 4) is 5.88 Å². The molecule has 1 heterocycles. The summed E-state index contributed by atoms with van der Waals surface area (Å²) in [6.45, 7) is 0. The van der Waals surface area contributed by atoms with Gasteiger partial charge in [-0.05, 0) is 40.8 Å². The third-order valence-corrected chi connectivity index (χ3v) is 3.79. The number of fused-ring (bicyclic) bond motifs is 1. The number of rotatable bonds is 2. The van der Waals surface area contributed by atoms with Gasteiger partial charge in [-0.15, -0.1) is 0 Å². The Morgan fingerprint density at radius 3 is 2.47 bits per heavy atom. The molecule has 0 unspecified atom stereocenters. The van der Waals surface area contributed by atoms with E-state index in [1.54, 1.807) is 0 Å². The summed E-state index contributed by atoms with van der Waals surface area (Å²) >= 11 is 2.23. The van der Waals surface area contributed by atoms with E-state index < -0.39 is 0 Å².